The molecule has 3 rings (SSSR count). The first-order chi connectivity index (χ1) is 7.72. The number of thiazole rings is 1. The van der Waals surface area contributed by atoms with E-state index in [9.17, 15) is 0 Å². The molecular formula is C12H18N2OS. The average molecular weight is 238 g/mol. The van der Waals surface area contributed by atoms with E-state index in [1.54, 1.807) is 11.3 Å². The van der Waals surface area contributed by atoms with Gasteiger partial charge in [-0.3, -0.25) is 0 Å². The fraction of sp³-hybridized carbons (Fsp3) is 0.750. The van der Waals surface area contributed by atoms with Crippen molar-refractivity contribution in [2.75, 3.05) is 0 Å². The smallest absolute Gasteiger partial charge is 0.0900 e. The second kappa shape index (κ2) is 4.09. The van der Waals surface area contributed by atoms with Crippen LogP contribution in [0.2, 0.25) is 0 Å². The van der Waals surface area contributed by atoms with Gasteiger partial charge >= 0.3 is 0 Å². The molecule has 88 valence electrons. The van der Waals surface area contributed by atoms with Crippen LogP contribution < -0.4 is 5.32 Å². The molecule has 0 saturated carbocycles. The molecule has 2 fully saturated rings. The van der Waals surface area contributed by atoms with Gasteiger partial charge in [0.2, 0.25) is 0 Å². The normalized spacial score (nSPS) is 32.5. The number of ether oxygens (including phenoxy) is 1. The van der Waals surface area contributed by atoms with E-state index in [2.05, 4.69) is 24.1 Å². The van der Waals surface area contributed by atoms with Gasteiger partial charge < -0.3 is 10.1 Å². The maximum absolute atomic E-state index is 5.83. The topological polar surface area (TPSA) is 34.2 Å². The fourth-order valence-corrected chi connectivity index (χ4v) is 3.70. The highest BCUT2D eigenvalue weighted by molar-refractivity contribution is 7.11. The van der Waals surface area contributed by atoms with Crippen LogP contribution in [0.15, 0.2) is 0 Å². The Bertz CT molecular complexity index is 390. The molecule has 0 spiro atoms. The summed E-state index contributed by atoms with van der Waals surface area (Å²) in [5.41, 5.74) is 1.18. The molecular weight excluding hydrogens is 220 g/mol. The number of nitrogens with one attached hydrogen (secondary N) is 1. The van der Waals surface area contributed by atoms with Gasteiger partial charge in [0.25, 0.3) is 0 Å². The van der Waals surface area contributed by atoms with Gasteiger partial charge in [-0.05, 0) is 33.1 Å². The quantitative estimate of drug-likeness (QED) is 0.876. The standard InChI is InChI=1S/C12H18N2OS/c1-7-12(16-8(2)14-7)6-13-10-5-9-3-4-11(10)15-9/h9-11,13H,3-6H2,1-2H3. The molecule has 2 saturated heterocycles. The van der Waals surface area contributed by atoms with Gasteiger partial charge in [-0.25, -0.2) is 4.98 Å². The molecule has 3 nitrogen and oxygen atoms in total. The highest BCUT2D eigenvalue weighted by Gasteiger charge is 2.40. The molecule has 3 atom stereocenters. The summed E-state index contributed by atoms with van der Waals surface area (Å²) >= 11 is 1.80. The van der Waals surface area contributed by atoms with Crippen molar-refractivity contribution in [3.63, 3.8) is 0 Å². The zero-order valence-corrected chi connectivity index (χ0v) is 10.6. The molecule has 0 aromatic carbocycles. The Hall–Kier alpha value is -0.450. The lowest BCUT2D eigenvalue weighted by atomic mass is 9.95. The third kappa shape index (κ3) is 1.90. The first kappa shape index (κ1) is 10.7. The van der Waals surface area contributed by atoms with Crippen molar-refractivity contribution < 1.29 is 4.74 Å². The van der Waals surface area contributed by atoms with Gasteiger partial charge in [0.1, 0.15) is 0 Å². The van der Waals surface area contributed by atoms with Gasteiger partial charge in [-0.2, -0.15) is 0 Å². The van der Waals surface area contributed by atoms with Crippen LogP contribution in [0, 0.1) is 13.8 Å². The lowest BCUT2D eigenvalue weighted by Crippen LogP contribution is -2.36. The van der Waals surface area contributed by atoms with Crippen LogP contribution in [-0.2, 0) is 11.3 Å². The van der Waals surface area contributed by atoms with Gasteiger partial charge in [-0.15, -0.1) is 11.3 Å². The summed E-state index contributed by atoms with van der Waals surface area (Å²) in [5.74, 6) is 0. The summed E-state index contributed by atoms with van der Waals surface area (Å²) in [6.07, 6.45) is 4.71. The van der Waals surface area contributed by atoms with Gasteiger partial charge in [-0.1, -0.05) is 0 Å². The van der Waals surface area contributed by atoms with Crippen molar-refractivity contribution in [2.24, 2.45) is 0 Å². The Morgan fingerprint density at radius 2 is 2.31 bits per heavy atom. The Morgan fingerprint density at radius 1 is 1.44 bits per heavy atom. The minimum Gasteiger partial charge on any atom is -0.373 e. The maximum Gasteiger partial charge on any atom is 0.0900 e. The SMILES string of the molecule is Cc1nc(C)c(CNC2CC3CCC2O3)s1. The van der Waals surface area contributed by atoms with Gasteiger partial charge in [0, 0.05) is 17.5 Å². The molecule has 3 heterocycles. The van der Waals surface area contributed by atoms with Gasteiger partial charge in [0.05, 0.1) is 22.9 Å². The second-order valence-corrected chi connectivity index (χ2v) is 6.13. The van der Waals surface area contributed by atoms with Gasteiger partial charge in [0.15, 0.2) is 0 Å². The summed E-state index contributed by atoms with van der Waals surface area (Å²) in [5, 5.41) is 4.79. The Kier molecular flexibility index (Phi) is 2.73. The predicted molar refractivity (Wildman–Crippen MR) is 64.7 cm³/mol. The number of hydrogen-bond acceptors (Lipinski definition) is 4. The van der Waals surface area contributed by atoms with E-state index in [-0.39, 0.29) is 0 Å². The maximum atomic E-state index is 5.83. The Labute approximate surface area is 100 Å². The average Bonchev–Trinajstić information content (AvgIpc) is 2.91. The molecule has 2 aliphatic rings. The van der Waals surface area contributed by atoms with Crippen molar-refractivity contribution in [1.29, 1.82) is 0 Å². The first-order valence-corrected chi connectivity index (χ1v) is 6.86. The van der Waals surface area contributed by atoms with Crippen LogP contribution in [-0.4, -0.2) is 23.2 Å². The number of fused-ring (bicyclic) bond motifs is 2. The number of aryl methyl sites for hydroxylation is 2. The van der Waals surface area contributed by atoms with Crippen LogP contribution >= 0.6 is 11.3 Å². The Morgan fingerprint density at radius 3 is 2.88 bits per heavy atom. The van der Waals surface area contributed by atoms with Crippen LogP contribution in [0.4, 0.5) is 0 Å². The molecule has 1 aromatic heterocycles. The lowest BCUT2D eigenvalue weighted by Gasteiger charge is -2.19. The molecule has 1 N–H and O–H groups in total. The molecule has 1 aromatic rings. The highest BCUT2D eigenvalue weighted by atomic mass is 32.1. The van der Waals surface area contributed by atoms with E-state index in [0.29, 0.717) is 18.2 Å². The van der Waals surface area contributed by atoms with E-state index in [4.69, 9.17) is 4.74 Å². The van der Waals surface area contributed by atoms with E-state index >= 15 is 0 Å². The van der Waals surface area contributed by atoms with E-state index in [1.807, 2.05) is 0 Å². The molecule has 2 bridgehead atoms. The summed E-state index contributed by atoms with van der Waals surface area (Å²) in [4.78, 5) is 5.83. The summed E-state index contributed by atoms with van der Waals surface area (Å²) in [7, 11) is 0. The molecule has 4 heteroatoms. The number of aromatic nitrogens is 1. The second-order valence-electron chi connectivity index (χ2n) is 4.84. The Balaban J connectivity index is 1.59. The van der Waals surface area contributed by atoms with Crippen LogP contribution in [0.1, 0.15) is 34.8 Å². The van der Waals surface area contributed by atoms with Crippen molar-refractivity contribution in [3.05, 3.63) is 15.6 Å². The van der Waals surface area contributed by atoms with Crippen molar-refractivity contribution in [1.82, 2.24) is 10.3 Å². The summed E-state index contributed by atoms with van der Waals surface area (Å²) < 4.78 is 5.83. The largest absolute Gasteiger partial charge is 0.373 e. The fourth-order valence-electron chi connectivity index (χ4n) is 2.81. The molecule has 2 aliphatic heterocycles. The predicted octanol–water partition coefficient (Wildman–Crippen LogP) is 2.17. The van der Waals surface area contributed by atoms with Crippen molar-refractivity contribution in [3.8, 4) is 0 Å². The zero-order chi connectivity index (χ0) is 11.1. The molecule has 0 radical (unpaired) electrons. The molecule has 0 amide bonds. The van der Waals surface area contributed by atoms with Crippen LogP contribution in [0.3, 0.4) is 0 Å². The lowest BCUT2D eigenvalue weighted by molar-refractivity contribution is 0.0973. The van der Waals surface area contributed by atoms with Crippen molar-refractivity contribution in [2.45, 2.75) is 57.9 Å². The summed E-state index contributed by atoms with van der Waals surface area (Å²) in [6.45, 7) is 5.12. The number of nitrogens with zero attached hydrogens (tertiary/aromatic N) is 1. The molecule has 0 aliphatic carbocycles. The minimum atomic E-state index is 0.472. The molecule has 16 heavy (non-hydrogen) atoms. The molecule has 3 unspecified atom stereocenters. The van der Waals surface area contributed by atoms with Crippen LogP contribution in [0.5, 0.6) is 0 Å². The zero-order valence-electron chi connectivity index (χ0n) is 9.82. The highest BCUT2D eigenvalue weighted by Crippen LogP contribution is 2.34. The van der Waals surface area contributed by atoms with E-state index in [1.165, 1.54) is 34.8 Å². The monoisotopic (exact) mass is 238 g/mol. The van der Waals surface area contributed by atoms with Crippen molar-refractivity contribution >= 4 is 11.3 Å². The third-order valence-corrected chi connectivity index (χ3v) is 4.70. The van der Waals surface area contributed by atoms with Crippen LogP contribution in [0.25, 0.3) is 0 Å². The third-order valence-electron chi connectivity index (χ3n) is 3.63. The van der Waals surface area contributed by atoms with E-state index in [0.717, 1.165) is 6.54 Å². The van der Waals surface area contributed by atoms with E-state index < -0.39 is 0 Å². The number of hydrogen-bond donors (Lipinski definition) is 1. The summed E-state index contributed by atoms with van der Waals surface area (Å²) in [6, 6.07) is 0.570. The number of rotatable bonds is 3. The first-order valence-electron chi connectivity index (χ1n) is 6.04. The minimum absolute atomic E-state index is 0.472.